The number of nitrogens with one attached hydrogen (secondary N) is 3. The van der Waals surface area contributed by atoms with E-state index in [0.717, 1.165) is 0 Å². The molecular weight excluding hydrogens is 461 g/mol. The van der Waals surface area contributed by atoms with Crippen LogP contribution in [0.25, 0.3) is 0 Å². The maximum Gasteiger partial charge on any atom is 0.272 e. The summed E-state index contributed by atoms with van der Waals surface area (Å²) in [5.41, 5.74) is 1.15. The lowest BCUT2D eigenvalue weighted by Crippen LogP contribution is -2.47. The average Bonchev–Trinajstić information content (AvgIpc) is 2.77. The molecule has 1 aliphatic rings. The van der Waals surface area contributed by atoms with Gasteiger partial charge in [-0.2, -0.15) is 0 Å². The lowest BCUT2D eigenvalue weighted by atomic mass is 9.99. The summed E-state index contributed by atoms with van der Waals surface area (Å²) >= 11 is 6.46. The van der Waals surface area contributed by atoms with Crippen molar-refractivity contribution < 1.29 is 27.5 Å². The third-order valence-electron chi connectivity index (χ3n) is 5.05. The van der Waals surface area contributed by atoms with Crippen LogP contribution in [0.5, 0.6) is 5.88 Å². The van der Waals surface area contributed by atoms with Gasteiger partial charge >= 0.3 is 0 Å². The molecule has 2 atom stereocenters. The van der Waals surface area contributed by atoms with Gasteiger partial charge in [0.2, 0.25) is 17.7 Å². The quantitative estimate of drug-likeness (QED) is 0.532. The highest BCUT2D eigenvalue weighted by Gasteiger charge is 2.31. The van der Waals surface area contributed by atoms with Crippen LogP contribution < -0.4 is 20.7 Å². The molecule has 33 heavy (non-hydrogen) atoms. The highest BCUT2D eigenvalue weighted by Crippen LogP contribution is 2.33. The van der Waals surface area contributed by atoms with E-state index in [0.29, 0.717) is 11.1 Å². The molecule has 1 aromatic carbocycles. The first-order valence-electron chi connectivity index (χ1n) is 10.3. The summed E-state index contributed by atoms with van der Waals surface area (Å²) in [6.07, 6.45) is -2.09. The minimum atomic E-state index is -2.62. The van der Waals surface area contributed by atoms with E-state index >= 15 is 0 Å². The molecule has 7 nitrogen and oxygen atoms in total. The summed E-state index contributed by atoms with van der Waals surface area (Å²) in [6, 6.07) is 5.20. The minimum absolute atomic E-state index is 0.0288. The number of amides is 2. The first kappa shape index (κ1) is 24.8. The summed E-state index contributed by atoms with van der Waals surface area (Å²) in [4.78, 5) is 28.2. The highest BCUT2D eigenvalue weighted by molar-refractivity contribution is 6.32. The van der Waals surface area contributed by atoms with Crippen LogP contribution in [-0.4, -0.2) is 29.8 Å². The van der Waals surface area contributed by atoms with Gasteiger partial charge in [-0.3, -0.25) is 14.9 Å². The topological polar surface area (TPSA) is 92.4 Å². The number of benzene rings is 1. The third kappa shape index (κ3) is 6.35. The molecule has 2 amide bonds. The zero-order chi connectivity index (χ0) is 24.1. The maximum atomic E-state index is 14.7. The second-order valence-electron chi connectivity index (χ2n) is 7.86. The maximum absolute atomic E-state index is 14.7. The molecule has 0 radical (unpaired) electrons. The van der Waals surface area contributed by atoms with Crippen LogP contribution in [0, 0.1) is 11.7 Å². The number of hydrogen-bond acceptors (Lipinski definition) is 5. The summed E-state index contributed by atoms with van der Waals surface area (Å²) in [6.45, 7) is 2.84. The van der Waals surface area contributed by atoms with Crippen molar-refractivity contribution in [3.05, 3.63) is 58.0 Å². The van der Waals surface area contributed by atoms with Gasteiger partial charge in [-0.1, -0.05) is 37.6 Å². The molecule has 178 valence electrons. The second kappa shape index (κ2) is 10.8. The number of halogens is 4. The molecular formula is C22H24ClF3N4O3. The van der Waals surface area contributed by atoms with Gasteiger partial charge in [-0.05, 0) is 17.2 Å². The van der Waals surface area contributed by atoms with E-state index in [9.17, 15) is 22.8 Å². The molecule has 1 aromatic heterocycles. The molecule has 2 heterocycles. The Labute approximate surface area is 194 Å². The first-order valence-corrected chi connectivity index (χ1v) is 10.7. The van der Waals surface area contributed by atoms with Gasteiger partial charge in [-0.15, -0.1) is 0 Å². The van der Waals surface area contributed by atoms with E-state index < -0.39 is 31.1 Å². The van der Waals surface area contributed by atoms with Crippen molar-refractivity contribution in [2.45, 2.75) is 45.4 Å². The molecule has 0 saturated carbocycles. The van der Waals surface area contributed by atoms with Gasteiger partial charge < -0.3 is 15.4 Å². The van der Waals surface area contributed by atoms with Crippen molar-refractivity contribution in [3.8, 4) is 5.88 Å². The van der Waals surface area contributed by atoms with Gasteiger partial charge in [-0.25, -0.2) is 18.2 Å². The third-order valence-corrected chi connectivity index (χ3v) is 5.50. The number of ether oxygens (including phenoxy) is 1. The lowest BCUT2D eigenvalue weighted by molar-refractivity contribution is -0.125. The molecule has 2 unspecified atom stereocenters. The van der Waals surface area contributed by atoms with Gasteiger partial charge in [0.25, 0.3) is 6.43 Å². The molecule has 1 fully saturated rings. The average molecular weight is 485 g/mol. The van der Waals surface area contributed by atoms with E-state index in [1.165, 1.54) is 24.4 Å². The van der Waals surface area contributed by atoms with Crippen molar-refractivity contribution in [2.75, 3.05) is 6.61 Å². The predicted molar refractivity (Wildman–Crippen MR) is 115 cm³/mol. The van der Waals surface area contributed by atoms with E-state index in [2.05, 4.69) is 20.9 Å². The number of hydrogen-bond donors (Lipinski definition) is 3. The second-order valence-corrected chi connectivity index (χ2v) is 8.24. The number of aromatic nitrogens is 1. The van der Waals surface area contributed by atoms with Gasteiger partial charge in [0.1, 0.15) is 12.0 Å². The normalized spacial score (nSPS) is 18.4. The van der Waals surface area contributed by atoms with E-state index in [4.69, 9.17) is 16.3 Å². The van der Waals surface area contributed by atoms with Crippen LogP contribution in [0.15, 0.2) is 30.5 Å². The Hall–Kier alpha value is -2.85. The molecule has 0 bridgehead atoms. The Bertz CT molecular complexity index is 1010. The number of carbonyl (C=O) groups is 2. The van der Waals surface area contributed by atoms with Crippen LogP contribution in [-0.2, 0) is 16.1 Å². The fourth-order valence-corrected chi connectivity index (χ4v) is 3.64. The molecule has 0 spiro atoms. The molecule has 1 saturated heterocycles. The summed E-state index contributed by atoms with van der Waals surface area (Å²) in [5, 5.41) is 8.64. The van der Waals surface area contributed by atoms with Crippen molar-refractivity contribution in [3.63, 3.8) is 0 Å². The fourth-order valence-electron chi connectivity index (χ4n) is 3.31. The van der Waals surface area contributed by atoms with Gasteiger partial charge in [0, 0.05) is 42.8 Å². The predicted octanol–water partition coefficient (Wildman–Crippen LogP) is 3.64. The van der Waals surface area contributed by atoms with E-state index in [1.807, 2.05) is 0 Å². The standard InChI is InChI=1S/C22H24ClF3N4O3/c1-11(2)22(32)28-9-13-3-5-14(24)19(20(13)23)21-29-15(7-17(31)30-21)12-4-6-18(27-8-12)33-10-16(25)26/h3-6,8,11,15-16,21,29H,7,9-10H2,1-2H3,(H,28,32)(H,30,31). The van der Waals surface area contributed by atoms with Crippen molar-refractivity contribution in [1.29, 1.82) is 0 Å². The number of carbonyl (C=O) groups excluding carboxylic acids is 2. The number of pyridine rings is 1. The molecule has 0 aliphatic carbocycles. The van der Waals surface area contributed by atoms with E-state index in [1.54, 1.807) is 19.9 Å². The molecule has 1 aliphatic heterocycles. The Balaban J connectivity index is 1.78. The van der Waals surface area contributed by atoms with Crippen LogP contribution in [0.2, 0.25) is 5.02 Å². The zero-order valence-electron chi connectivity index (χ0n) is 18.0. The minimum Gasteiger partial charge on any atom is -0.472 e. The summed E-state index contributed by atoms with van der Waals surface area (Å²) in [7, 11) is 0. The van der Waals surface area contributed by atoms with Crippen molar-refractivity contribution in [1.82, 2.24) is 20.9 Å². The van der Waals surface area contributed by atoms with Crippen LogP contribution >= 0.6 is 11.6 Å². The monoisotopic (exact) mass is 484 g/mol. The Morgan fingerprint density at radius 1 is 1.30 bits per heavy atom. The Morgan fingerprint density at radius 3 is 2.70 bits per heavy atom. The summed E-state index contributed by atoms with van der Waals surface area (Å²) < 4.78 is 44.2. The first-order chi connectivity index (χ1) is 15.7. The highest BCUT2D eigenvalue weighted by atomic mass is 35.5. The van der Waals surface area contributed by atoms with Crippen LogP contribution in [0.4, 0.5) is 13.2 Å². The van der Waals surface area contributed by atoms with Crippen LogP contribution in [0.1, 0.15) is 49.2 Å². The lowest BCUT2D eigenvalue weighted by Gasteiger charge is -2.33. The zero-order valence-corrected chi connectivity index (χ0v) is 18.8. The Morgan fingerprint density at radius 2 is 2.06 bits per heavy atom. The van der Waals surface area contributed by atoms with Crippen molar-refractivity contribution in [2.24, 2.45) is 5.92 Å². The number of nitrogens with zero attached hydrogens (tertiary/aromatic N) is 1. The van der Waals surface area contributed by atoms with Crippen molar-refractivity contribution >= 4 is 23.4 Å². The smallest absolute Gasteiger partial charge is 0.272 e. The molecule has 11 heteroatoms. The summed E-state index contributed by atoms with van der Waals surface area (Å²) in [5.74, 6) is -1.32. The van der Waals surface area contributed by atoms with E-state index in [-0.39, 0.29) is 47.2 Å². The number of alkyl halides is 2. The molecule has 2 aromatic rings. The molecule has 3 N–H and O–H groups in total. The largest absolute Gasteiger partial charge is 0.472 e. The van der Waals surface area contributed by atoms with Crippen LogP contribution in [0.3, 0.4) is 0 Å². The fraction of sp³-hybridized carbons (Fsp3) is 0.409. The van der Waals surface area contributed by atoms with Gasteiger partial charge in [0.05, 0.1) is 5.02 Å². The Kier molecular flexibility index (Phi) is 8.15. The molecule has 3 rings (SSSR count). The number of rotatable bonds is 8. The van der Waals surface area contributed by atoms with Gasteiger partial charge in [0.15, 0.2) is 6.61 Å². The SMILES string of the molecule is CC(C)C(=O)NCc1ccc(F)c(C2NC(=O)CC(c3ccc(OCC(F)F)nc3)N2)c1Cl.